The zero-order valence-electron chi connectivity index (χ0n) is 8.26. The summed E-state index contributed by atoms with van der Waals surface area (Å²) in [6.07, 6.45) is 2.86. The van der Waals surface area contributed by atoms with Crippen LogP contribution in [0.2, 0.25) is 5.02 Å². The molecule has 0 N–H and O–H groups in total. The van der Waals surface area contributed by atoms with Gasteiger partial charge in [0.1, 0.15) is 6.29 Å². The molecule has 0 fully saturated rings. The first-order chi connectivity index (χ1) is 7.65. The van der Waals surface area contributed by atoms with Crippen LogP contribution in [-0.2, 0) is 4.79 Å². The predicted octanol–water partition coefficient (Wildman–Crippen LogP) is 2.00. The van der Waals surface area contributed by atoms with Crippen LogP contribution in [0.25, 0.3) is 0 Å². The van der Waals surface area contributed by atoms with E-state index in [4.69, 9.17) is 16.3 Å². The summed E-state index contributed by atoms with van der Waals surface area (Å²) in [6, 6.07) is 1.17. The Kier molecular flexibility index (Phi) is 4.65. The van der Waals surface area contributed by atoms with Crippen LogP contribution in [0.5, 0.6) is 5.88 Å². The Labute approximate surface area is 96.3 Å². The molecule has 1 heterocycles. The van der Waals surface area contributed by atoms with Gasteiger partial charge in [0.05, 0.1) is 22.7 Å². The highest BCUT2D eigenvalue weighted by Gasteiger charge is 2.17. The molecule has 0 saturated carbocycles. The molecule has 0 atom stereocenters. The lowest BCUT2D eigenvalue weighted by molar-refractivity contribution is -0.386. The van der Waals surface area contributed by atoms with Crippen LogP contribution >= 0.6 is 11.6 Å². The van der Waals surface area contributed by atoms with Crippen LogP contribution in [0.15, 0.2) is 12.3 Å². The molecule has 7 heteroatoms. The second-order valence-electron chi connectivity index (χ2n) is 2.89. The molecule has 1 aromatic rings. The maximum absolute atomic E-state index is 10.6. The third-order valence-corrected chi connectivity index (χ3v) is 1.91. The fraction of sp³-hybridized carbons (Fsp3) is 0.333. The van der Waals surface area contributed by atoms with E-state index in [0.29, 0.717) is 12.8 Å². The molecular weight excluding hydrogens is 236 g/mol. The molecule has 0 radical (unpaired) electrons. The number of rotatable bonds is 6. The number of carbonyl (C=O) groups excluding carboxylic acids is 1. The van der Waals surface area contributed by atoms with Crippen LogP contribution in [0.1, 0.15) is 12.8 Å². The minimum absolute atomic E-state index is 0.0831. The number of halogens is 1. The van der Waals surface area contributed by atoms with Gasteiger partial charge in [0, 0.05) is 12.5 Å². The smallest absolute Gasteiger partial charge is 0.332 e. The number of pyridine rings is 1. The van der Waals surface area contributed by atoms with Crippen molar-refractivity contribution < 1.29 is 14.5 Å². The lowest BCUT2D eigenvalue weighted by Crippen LogP contribution is -2.02. The van der Waals surface area contributed by atoms with Crippen LogP contribution in [-0.4, -0.2) is 22.8 Å². The average Bonchev–Trinajstić information content (AvgIpc) is 2.26. The minimum Gasteiger partial charge on any atom is -0.473 e. The first-order valence-corrected chi connectivity index (χ1v) is 4.89. The molecule has 0 aliphatic rings. The highest BCUT2D eigenvalue weighted by atomic mass is 35.5. The zero-order valence-corrected chi connectivity index (χ0v) is 9.01. The van der Waals surface area contributed by atoms with Gasteiger partial charge in [0.2, 0.25) is 0 Å². The van der Waals surface area contributed by atoms with E-state index in [0.717, 1.165) is 6.29 Å². The lowest BCUT2D eigenvalue weighted by Gasteiger charge is -2.04. The van der Waals surface area contributed by atoms with Crippen molar-refractivity contribution in [3.8, 4) is 5.88 Å². The number of aldehydes is 1. The topological polar surface area (TPSA) is 82.3 Å². The molecule has 0 aromatic carbocycles. The Hall–Kier alpha value is -1.69. The van der Waals surface area contributed by atoms with Gasteiger partial charge in [0.15, 0.2) is 0 Å². The Morgan fingerprint density at radius 2 is 2.38 bits per heavy atom. The quantitative estimate of drug-likeness (QED) is 0.331. The molecule has 0 saturated heterocycles. The van der Waals surface area contributed by atoms with E-state index in [9.17, 15) is 14.9 Å². The summed E-state index contributed by atoms with van der Waals surface area (Å²) in [5, 5.41) is 10.8. The van der Waals surface area contributed by atoms with Gasteiger partial charge in [-0.15, -0.1) is 0 Å². The molecule has 86 valence electrons. The summed E-state index contributed by atoms with van der Waals surface area (Å²) in [4.78, 5) is 23.8. The molecule has 0 amide bonds. The van der Waals surface area contributed by atoms with Crippen molar-refractivity contribution in [2.24, 2.45) is 0 Å². The number of aromatic nitrogens is 1. The minimum atomic E-state index is -0.617. The fourth-order valence-electron chi connectivity index (χ4n) is 0.994. The van der Waals surface area contributed by atoms with Crippen molar-refractivity contribution in [2.45, 2.75) is 12.8 Å². The molecule has 0 bridgehead atoms. The number of hydrogen-bond donors (Lipinski definition) is 0. The maximum atomic E-state index is 10.6. The molecule has 16 heavy (non-hydrogen) atoms. The number of unbranched alkanes of at least 4 members (excludes halogenated alkanes) is 1. The molecule has 6 nitrogen and oxygen atoms in total. The zero-order chi connectivity index (χ0) is 12.0. The number of nitro groups is 1. The van der Waals surface area contributed by atoms with Gasteiger partial charge in [-0.2, -0.15) is 0 Å². The van der Waals surface area contributed by atoms with Gasteiger partial charge in [-0.1, -0.05) is 11.6 Å². The number of hydrogen-bond acceptors (Lipinski definition) is 5. The standard InChI is InChI=1S/C9H9ClN2O4/c10-7-5-8(12(14)15)9(11-6-7)16-4-2-1-3-13/h3,5-6H,1-2,4H2. The van der Waals surface area contributed by atoms with Crippen molar-refractivity contribution >= 4 is 23.6 Å². The van der Waals surface area contributed by atoms with Gasteiger partial charge >= 0.3 is 5.69 Å². The van der Waals surface area contributed by atoms with Gasteiger partial charge in [-0.3, -0.25) is 10.1 Å². The average molecular weight is 245 g/mol. The third-order valence-electron chi connectivity index (χ3n) is 1.70. The highest BCUT2D eigenvalue weighted by molar-refractivity contribution is 6.30. The Morgan fingerprint density at radius 3 is 3.00 bits per heavy atom. The normalized spacial score (nSPS) is 9.81. The van der Waals surface area contributed by atoms with E-state index in [1.807, 2.05) is 0 Å². The van der Waals surface area contributed by atoms with Crippen molar-refractivity contribution in [1.29, 1.82) is 0 Å². The fourth-order valence-corrected chi connectivity index (χ4v) is 1.15. The van der Waals surface area contributed by atoms with Gasteiger partial charge in [0.25, 0.3) is 5.88 Å². The van der Waals surface area contributed by atoms with Gasteiger partial charge in [-0.05, 0) is 6.42 Å². The van der Waals surface area contributed by atoms with E-state index in [2.05, 4.69) is 4.98 Å². The van der Waals surface area contributed by atoms with E-state index in [-0.39, 0.29) is 23.2 Å². The predicted molar refractivity (Wildman–Crippen MR) is 56.7 cm³/mol. The molecule has 0 spiro atoms. The number of carbonyl (C=O) groups is 1. The van der Waals surface area contributed by atoms with Crippen LogP contribution in [0.4, 0.5) is 5.69 Å². The first-order valence-electron chi connectivity index (χ1n) is 4.51. The van der Waals surface area contributed by atoms with E-state index in [1.165, 1.54) is 12.3 Å². The van der Waals surface area contributed by atoms with Crippen molar-refractivity contribution in [3.63, 3.8) is 0 Å². The number of nitrogens with zero attached hydrogens (tertiary/aromatic N) is 2. The highest BCUT2D eigenvalue weighted by Crippen LogP contribution is 2.26. The SMILES string of the molecule is O=CCCCOc1ncc(Cl)cc1[N+](=O)[O-]. The van der Waals surface area contributed by atoms with Crippen LogP contribution in [0.3, 0.4) is 0 Å². The molecule has 0 aliphatic heterocycles. The molecule has 1 rings (SSSR count). The largest absolute Gasteiger partial charge is 0.473 e. The second kappa shape index (κ2) is 6.02. The Bertz CT molecular complexity index is 397. The monoisotopic (exact) mass is 244 g/mol. The van der Waals surface area contributed by atoms with Crippen molar-refractivity contribution in [3.05, 3.63) is 27.4 Å². The van der Waals surface area contributed by atoms with Gasteiger partial charge in [-0.25, -0.2) is 4.98 Å². The third kappa shape index (κ3) is 3.47. The molecule has 1 aromatic heterocycles. The molecule has 0 aliphatic carbocycles. The van der Waals surface area contributed by atoms with E-state index >= 15 is 0 Å². The summed E-state index contributed by atoms with van der Waals surface area (Å²) >= 11 is 5.58. The van der Waals surface area contributed by atoms with Crippen molar-refractivity contribution in [2.75, 3.05) is 6.61 Å². The van der Waals surface area contributed by atoms with E-state index < -0.39 is 4.92 Å². The number of ether oxygens (including phenoxy) is 1. The lowest BCUT2D eigenvalue weighted by atomic mass is 10.3. The first kappa shape index (κ1) is 12.4. The Balaban J connectivity index is 2.71. The van der Waals surface area contributed by atoms with E-state index in [1.54, 1.807) is 0 Å². The molecular formula is C9H9ClN2O4. The van der Waals surface area contributed by atoms with Crippen molar-refractivity contribution in [1.82, 2.24) is 4.98 Å². The Morgan fingerprint density at radius 1 is 1.62 bits per heavy atom. The second-order valence-corrected chi connectivity index (χ2v) is 3.33. The molecule has 0 unspecified atom stereocenters. The van der Waals surface area contributed by atoms with Crippen LogP contribution < -0.4 is 4.74 Å². The summed E-state index contributed by atoms with van der Waals surface area (Å²) in [7, 11) is 0. The summed E-state index contributed by atoms with van der Waals surface area (Å²) in [5.74, 6) is -0.0831. The maximum Gasteiger partial charge on any atom is 0.332 e. The summed E-state index contributed by atoms with van der Waals surface area (Å²) < 4.78 is 5.09. The van der Waals surface area contributed by atoms with Crippen LogP contribution in [0, 0.1) is 10.1 Å². The summed E-state index contributed by atoms with van der Waals surface area (Å²) in [5.41, 5.74) is -0.279. The summed E-state index contributed by atoms with van der Waals surface area (Å²) in [6.45, 7) is 0.203. The van der Waals surface area contributed by atoms with Gasteiger partial charge < -0.3 is 9.53 Å².